The molecule has 0 aliphatic rings. The van der Waals surface area contributed by atoms with Gasteiger partial charge in [-0.15, -0.1) is 0 Å². The van der Waals surface area contributed by atoms with Crippen molar-refractivity contribution in [1.29, 1.82) is 0 Å². The zero-order valence-electron chi connectivity index (χ0n) is 15.8. The largest absolute Gasteiger partial charge is 0.416 e. The zero-order valence-corrected chi connectivity index (χ0v) is 15.8. The molecule has 1 nitrogen and oxygen atoms in total. The molecule has 3 rings (SSSR count). The van der Waals surface area contributed by atoms with E-state index in [0.717, 1.165) is 35.4 Å². The summed E-state index contributed by atoms with van der Waals surface area (Å²) in [4.78, 5) is 0. The van der Waals surface area contributed by atoms with Crippen molar-refractivity contribution in [1.82, 2.24) is 0 Å². The van der Waals surface area contributed by atoms with Crippen LogP contribution in [0.5, 0.6) is 0 Å². The topological polar surface area (TPSA) is 12.0 Å². The summed E-state index contributed by atoms with van der Waals surface area (Å²) < 4.78 is 76.8. The molecule has 0 radical (unpaired) electrons. The van der Waals surface area contributed by atoms with Crippen molar-refractivity contribution >= 4 is 11.3 Å². The molecule has 1 N–H and O–H groups in total. The van der Waals surface area contributed by atoms with Crippen LogP contribution in [0.1, 0.15) is 27.8 Å². The summed E-state index contributed by atoms with van der Waals surface area (Å²) >= 11 is 0. The summed E-state index contributed by atoms with van der Waals surface area (Å²) in [7, 11) is 0. The monoisotopic (exact) mass is 421 g/mol. The second-order valence-electron chi connectivity index (χ2n) is 6.67. The number of nitrogens with one attached hydrogen (secondary N) is 1. The minimum absolute atomic E-state index is 0.418. The van der Waals surface area contributed by atoms with Gasteiger partial charge in [0.05, 0.1) is 11.1 Å². The molecule has 0 unspecified atom stereocenters. The van der Waals surface area contributed by atoms with Crippen molar-refractivity contribution in [3.63, 3.8) is 0 Å². The number of anilines is 1. The number of rotatable bonds is 4. The number of aryl methyl sites for hydroxylation is 1. The summed E-state index contributed by atoms with van der Waals surface area (Å²) in [5.74, 6) is 0. The quantitative estimate of drug-likeness (QED) is 0.429. The van der Waals surface area contributed by atoms with Crippen LogP contribution in [0, 0.1) is 6.92 Å². The van der Waals surface area contributed by atoms with E-state index in [1.165, 1.54) is 24.3 Å². The molecule has 0 fully saturated rings. The Hall–Kier alpha value is -3.22. The van der Waals surface area contributed by atoms with E-state index in [1.54, 1.807) is 12.3 Å². The average molecular weight is 421 g/mol. The van der Waals surface area contributed by atoms with Crippen LogP contribution in [0.15, 0.2) is 79.0 Å². The lowest BCUT2D eigenvalue weighted by Crippen LogP contribution is -2.05. The molecule has 0 aromatic heterocycles. The van der Waals surface area contributed by atoms with Gasteiger partial charge >= 0.3 is 12.4 Å². The molecule has 0 amide bonds. The fraction of sp³-hybridized carbons (Fsp3) is 0.130. The molecule has 0 bridgehead atoms. The molecule has 30 heavy (non-hydrogen) atoms. The fourth-order valence-corrected chi connectivity index (χ4v) is 2.94. The summed E-state index contributed by atoms with van der Waals surface area (Å²) in [6.07, 6.45) is -7.29. The minimum atomic E-state index is -4.44. The normalized spacial score (nSPS) is 12.7. The highest BCUT2D eigenvalue weighted by molar-refractivity contribution is 5.82. The highest BCUT2D eigenvalue weighted by Crippen LogP contribution is 2.33. The molecule has 0 atom stereocenters. The first kappa shape index (κ1) is 21.5. The SMILES string of the molecule is Cc1ccccc1/C(=C\Nc1ccc(C(F)(F)F)cc1)c1ccc(C(F)(F)F)cc1. The smallest absolute Gasteiger partial charge is 0.361 e. The zero-order chi connectivity index (χ0) is 21.9. The van der Waals surface area contributed by atoms with Crippen LogP contribution in [0.3, 0.4) is 0 Å². The molecular formula is C23H17F6N. The van der Waals surface area contributed by atoms with Gasteiger partial charge in [0.1, 0.15) is 0 Å². The molecule has 0 heterocycles. The van der Waals surface area contributed by atoms with E-state index in [-0.39, 0.29) is 0 Å². The highest BCUT2D eigenvalue weighted by atomic mass is 19.4. The van der Waals surface area contributed by atoms with Gasteiger partial charge in [0.25, 0.3) is 0 Å². The minimum Gasteiger partial charge on any atom is -0.361 e. The van der Waals surface area contributed by atoms with Gasteiger partial charge in [-0.2, -0.15) is 26.3 Å². The average Bonchev–Trinajstić information content (AvgIpc) is 2.69. The summed E-state index contributed by atoms with van der Waals surface area (Å²) in [5.41, 5.74) is 1.74. The first-order valence-electron chi connectivity index (χ1n) is 8.93. The third-order valence-corrected chi connectivity index (χ3v) is 4.55. The molecule has 0 saturated carbocycles. The Morgan fingerprint density at radius 3 is 1.70 bits per heavy atom. The van der Waals surface area contributed by atoms with E-state index in [0.29, 0.717) is 16.8 Å². The third-order valence-electron chi connectivity index (χ3n) is 4.55. The van der Waals surface area contributed by atoms with Crippen LogP contribution in [-0.2, 0) is 12.4 Å². The van der Waals surface area contributed by atoms with Crippen LogP contribution in [0.2, 0.25) is 0 Å². The number of hydrogen-bond acceptors (Lipinski definition) is 1. The molecule has 156 valence electrons. The first-order chi connectivity index (χ1) is 14.1. The van der Waals surface area contributed by atoms with Crippen LogP contribution in [0.25, 0.3) is 5.57 Å². The molecule has 0 spiro atoms. The maximum atomic E-state index is 12.9. The Morgan fingerprint density at radius 2 is 1.20 bits per heavy atom. The number of halogens is 6. The number of benzene rings is 3. The van der Waals surface area contributed by atoms with Gasteiger partial charge in [-0.3, -0.25) is 0 Å². The molecule has 0 saturated heterocycles. The van der Waals surface area contributed by atoms with E-state index in [2.05, 4.69) is 5.32 Å². The predicted molar refractivity (Wildman–Crippen MR) is 105 cm³/mol. The van der Waals surface area contributed by atoms with E-state index in [1.807, 2.05) is 25.1 Å². The molecule has 3 aromatic rings. The van der Waals surface area contributed by atoms with Gasteiger partial charge in [0.2, 0.25) is 0 Å². The standard InChI is InChI=1S/C23H17F6N/c1-15-4-2-3-5-20(15)21(16-6-8-17(9-7-16)22(24,25)26)14-30-19-12-10-18(11-13-19)23(27,28)29/h2-14,30H,1H3/b21-14-. The maximum absolute atomic E-state index is 12.9. The van der Waals surface area contributed by atoms with Crippen molar-refractivity contribution in [3.8, 4) is 0 Å². The summed E-state index contributed by atoms with van der Waals surface area (Å²) in [5, 5.41) is 2.94. The van der Waals surface area contributed by atoms with Crippen LogP contribution in [0.4, 0.5) is 32.0 Å². The van der Waals surface area contributed by atoms with Crippen LogP contribution < -0.4 is 5.32 Å². The van der Waals surface area contributed by atoms with Gasteiger partial charge < -0.3 is 5.32 Å². The Labute approximate surface area is 169 Å². The summed E-state index contributed by atoms with van der Waals surface area (Å²) in [6.45, 7) is 1.87. The number of hydrogen-bond donors (Lipinski definition) is 1. The van der Waals surface area contributed by atoms with Crippen molar-refractivity contribution in [2.45, 2.75) is 19.3 Å². The lowest BCUT2D eigenvalue weighted by molar-refractivity contribution is -0.138. The Morgan fingerprint density at radius 1 is 0.700 bits per heavy atom. The van der Waals surface area contributed by atoms with Crippen LogP contribution >= 0.6 is 0 Å². The maximum Gasteiger partial charge on any atom is 0.416 e. The lowest BCUT2D eigenvalue weighted by atomic mass is 9.94. The van der Waals surface area contributed by atoms with Crippen molar-refractivity contribution < 1.29 is 26.3 Å². The van der Waals surface area contributed by atoms with Crippen molar-refractivity contribution in [2.24, 2.45) is 0 Å². The molecule has 7 heteroatoms. The highest BCUT2D eigenvalue weighted by Gasteiger charge is 2.30. The Kier molecular flexibility index (Phi) is 5.92. The predicted octanol–water partition coefficient (Wildman–Crippen LogP) is 7.53. The van der Waals surface area contributed by atoms with E-state index in [9.17, 15) is 26.3 Å². The Bertz CT molecular complexity index is 1030. The Balaban J connectivity index is 1.97. The summed E-state index contributed by atoms with van der Waals surface area (Å²) in [6, 6.07) is 16.6. The van der Waals surface area contributed by atoms with Crippen molar-refractivity contribution in [3.05, 3.63) is 107 Å². The second-order valence-corrected chi connectivity index (χ2v) is 6.67. The van der Waals surface area contributed by atoms with E-state index >= 15 is 0 Å². The molecular weight excluding hydrogens is 404 g/mol. The third kappa shape index (κ3) is 5.03. The fourth-order valence-electron chi connectivity index (χ4n) is 2.94. The molecule has 0 aliphatic heterocycles. The van der Waals surface area contributed by atoms with E-state index in [4.69, 9.17) is 0 Å². The number of alkyl halides is 6. The first-order valence-corrected chi connectivity index (χ1v) is 8.93. The molecule has 0 aliphatic carbocycles. The van der Waals surface area contributed by atoms with Crippen molar-refractivity contribution in [2.75, 3.05) is 5.32 Å². The van der Waals surface area contributed by atoms with Gasteiger partial charge in [-0.05, 0) is 60.0 Å². The van der Waals surface area contributed by atoms with Crippen LogP contribution in [-0.4, -0.2) is 0 Å². The molecule has 3 aromatic carbocycles. The lowest BCUT2D eigenvalue weighted by Gasteiger charge is -2.14. The van der Waals surface area contributed by atoms with Gasteiger partial charge in [0.15, 0.2) is 0 Å². The van der Waals surface area contributed by atoms with E-state index < -0.39 is 23.5 Å². The van der Waals surface area contributed by atoms with Gasteiger partial charge in [-0.1, -0.05) is 36.4 Å². The van der Waals surface area contributed by atoms with Gasteiger partial charge in [0, 0.05) is 17.5 Å². The van der Waals surface area contributed by atoms with Gasteiger partial charge in [-0.25, -0.2) is 0 Å². The second kappa shape index (κ2) is 8.26.